The van der Waals surface area contributed by atoms with Crippen LogP contribution in [0, 0.1) is 5.82 Å². The maximum atomic E-state index is 13.6. The van der Waals surface area contributed by atoms with Gasteiger partial charge in [-0.2, -0.15) is 0 Å². The van der Waals surface area contributed by atoms with E-state index in [4.69, 9.17) is 14.5 Å². The molecule has 35 heavy (non-hydrogen) atoms. The fraction of sp³-hybridized carbons (Fsp3) is 0.259. The van der Waals surface area contributed by atoms with E-state index in [1.807, 2.05) is 36.4 Å². The minimum Gasteiger partial charge on any atom is -0.610 e. The number of hydrogen-bond donors (Lipinski definition) is 0. The maximum absolute atomic E-state index is 13.6. The van der Waals surface area contributed by atoms with Crippen LogP contribution in [0.3, 0.4) is 0 Å². The predicted octanol–water partition coefficient (Wildman–Crippen LogP) is 5.20. The summed E-state index contributed by atoms with van der Waals surface area (Å²) in [5.41, 5.74) is 4.48. The van der Waals surface area contributed by atoms with Gasteiger partial charge in [0.25, 0.3) is 0 Å². The number of methoxy groups -OCH3 is 1. The van der Waals surface area contributed by atoms with Crippen LogP contribution in [-0.2, 0) is 28.9 Å². The fourth-order valence-corrected chi connectivity index (χ4v) is 4.97. The Bertz CT molecular complexity index is 1310. The zero-order chi connectivity index (χ0) is 24.4. The summed E-state index contributed by atoms with van der Waals surface area (Å²) in [6.45, 7) is 1.03. The molecule has 0 saturated carbocycles. The Labute approximate surface area is 206 Å². The first-order valence-electron chi connectivity index (χ1n) is 11.4. The van der Waals surface area contributed by atoms with Gasteiger partial charge >= 0.3 is 0 Å². The molecule has 0 radical (unpaired) electrons. The summed E-state index contributed by atoms with van der Waals surface area (Å²) < 4.78 is 39.3. The zero-order valence-corrected chi connectivity index (χ0v) is 20.4. The highest BCUT2D eigenvalue weighted by Crippen LogP contribution is 2.40. The van der Waals surface area contributed by atoms with Gasteiger partial charge in [-0.1, -0.05) is 12.1 Å². The molecule has 1 aliphatic heterocycles. The SMILES string of the molecule is COc1ccc(COCC2CCc3nc(-c4ccc(F)cc4)c(-c4ccnc([S+](C)[O-])c4)n32)cc1. The van der Waals surface area contributed by atoms with Crippen molar-refractivity contribution in [1.29, 1.82) is 0 Å². The molecule has 0 bridgehead atoms. The second-order valence-electron chi connectivity index (χ2n) is 8.49. The van der Waals surface area contributed by atoms with Crippen LogP contribution in [0.4, 0.5) is 4.39 Å². The second kappa shape index (κ2) is 10.2. The molecule has 5 rings (SSSR count). The molecule has 0 fully saturated rings. The van der Waals surface area contributed by atoms with Crippen molar-refractivity contribution in [3.05, 3.63) is 84.1 Å². The van der Waals surface area contributed by atoms with Crippen molar-refractivity contribution in [1.82, 2.24) is 14.5 Å². The first-order valence-corrected chi connectivity index (χ1v) is 13.0. The smallest absolute Gasteiger partial charge is 0.244 e. The Balaban J connectivity index is 1.47. The zero-order valence-electron chi connectivity index (χ0n) is 19.6. The number of pyridine rings is 1. The van der Waals surface area contributed by atoms with E-state index < -0.39 is 11.2 Å². The van der Waals surface area contributed by atoms with Gasteiger partial charge < -0.3 is 18.6 Å². The maximum Gasteiger partial charge on any atom is 0.244 e. The summed E-state index contributed by atoms with van der Waals surface area (Å²) in [5.74, 6) is 1.49. The number of imidazole rings is 1. The molecule has 3 heterocycles. The number of aryl methyl sites for hydroxylation is 1. The number of fused-ring (bicyclic) bond motifs is 1. The second-order valence-corrected chi connectivity index (χ2v) is 9.82. The van der Waals surface area contributed by atoms with Gasteiger partial charge in [-0.15, -0.1) is 0 Å². The van der Waals surface area contributed by atoms with Gasteiger partial charge in [0.2, 0.25) is 5.03 Å². The van der Waals surface area contributed by atoms with Gasteiger partial charge in [-0.25, -0.2) is 14.4 Å². The van der Waals surface area contributed by atoms with Crippen molar-refractivity contribution in [2.24, 2.45) is 0 Å². The van der Waals surface area contributed by atoms with Crippen molar-refractivity contribution < 1.29 is 18.4 Å². The van der Waals surface area contributed by atoms with Gasteiger partial charge in [0.15, 0.2) is 0 Å². The highest BCUT2D eigenvalue weighted by Gasteiger charge is 2.30. The highest BCUT2D eigenvalue weighted by atomic mass is 32.2. The lowest BCUT2D eigenvalue weighted by Gasteiger charge is -2.18. The van der Waals surface area contributed by atoms with Gasteiger partial charge in [0.05, 0.1) is 37.8 Å². The first-order chi connectivity index (χ1) is 17.0. The van der Waals surface area contributed by atoms with Gasteiger partial charge in [0.1, 0.15) is 23.6 Å². The van der Waals surface area contributed by atoms with Crippen LogP contribution in [0.25, 0.3) is 22.5 Å². The van der Waals surface area contributed by atoms with Crippen LogP contribution >= 0.6 is 0 Å². The van der Waals surface area contributed by atoms with Crippen molar-refractivity contribution >= 4 is 11.2 Å². The van der Waals surface area contributed by atoms with E-state index in [9.17, 15) is 8.94 Å². The molecule has 2 atom stereocenters. The molecule has 0 amide bonds. The van der Waals surface area contributed by atoms with Gasteiger partial charge in [0, 0.05) is 41.0 Å². The summed E-state index contributed by atoms with van der Waals surface area (Å²) in [6.07, 6.45) is 5.02. The van der Waals surface area contributed by atoms with Crippen molar-refractivity contribution in [2.75, 3.05) is 20.0 Å². The minimum absolute atomic E-state index is 0.101. The van der Waals surface area contributed by atoms with Crippen molar-refractivity contribution in [3.8, 4) is 28.3 Å². The Morgan fingerprint density at radius 1 is 1.09 bits per heavy atom. The number of benzene rings is 2. The molecule has 2 aromatic heterocycles. The Kier molecular flexibility index (Phi) is 6.86. The molecular weight excluding hydrogens is 465 g/mol. The van der Waals surface area contributed by atoms with Crippen LogP contribution in [-0.4, -0.2) is 39.1 Å². The molecule has 2 unspecified atom stereocenters. The average molecular weight is 492 g/mol. The summed E-state index contributed by atoms with van der Waals surface area (Å²) in [4.78, 5) is 9.21. The number of rotatable bonds is 8. The van der Waals surface area contributed by atoms with E-state index in [-0.39, 0.29) is 11.9 Å². The van der Waals surface area contributed by atoms with Crippen molar-refractivity contribution in [2.45, 2.75) is 30.5 Å². The summed E-state index contributed by atoms with van der Waals surface area (Å²) >= 11 is -1.21. The standard InChI is InChI=1S/C27H26FN3O3S/c1-33-23-10-3-18(4-11-23)16-34-17-22-9-12-24-30-26(19-5-7-21(28)8-6-19)27(31(22)24)20-13-14-29-25(15-20)35(2)32/h3-8,10-11,13-15,22H,9,12,16-17H2,1-2H3. The Morgan fingerprint density at radius 3 is 2.57 bits per heavy atom. The summed E-state index contributed by atoms with van der Waals surface area (Å²) in [5, 5.41) is 0.508. The van der Waals surface area contributed by atoms with E-state index >= 15 is 0 Å². The van der Waals surface area contributed by atoms with Crippen LogP contribution in [0.1, 0.15) is 23.9 Å². The molecule has 0 N–H and O–H groups in total. The molecule has 8 heteroatoms. The number of halogens is 1. The number of nitrogens with zero attached hydrogens (tertiary/aromatic N) is 3. The molecular formula is C27H26FN3O3S. The predicted molar refractivity (Wildman–Crippen MR) is 133 cm³/mol. The summed E-state index contributed by atoms with van der Waals surface area (Å²) in [6, 6.07) is 18.1. The Hall–Kier alpha value is -3.20. The molecule has 1 aliphatic rings. The summed E-state index contributed by atoms with van der Waals surface area (Å²) in [7, 11) is 1.65. The molecule has 2 aromatic carbocycles. The number of aromatic nitrogens is 3. The van der Waals surface area contributed by atoms with E-state index in [0.717, 1.165) is 52.5 Å². The monoisotopic (exact) mass is 491 g/mol. The average Bonchev–Trinajstić information content (AvgIpc) is 3.45. The van der Waals surface area contributed by atoms with E-state index in [1.165, 1.54) is 12.1 Å². The molecule has 180 valence electrons. The van der Waals surface area contributed by atoms with Crippen LogP contribution < -0.4 is 4.74 Å². The third-order valence-electron chi connectivity index (χ3n) is 6.21. The topological polar surface area (TPSA) is 72.2 Å². The lowest BCUT2D eigenvalue weighted by molar-refractivity contribution is 0.0925. The molecule has 0 aliphatic carbocycles. The number of ether oxygens (including phenoxy) is 2. The van der Waals surface area contributed by atoms with Crippen LogP contribution in [0.15, 0.2) is 71.9 Å². The quantitative estimate of drug-likeness (QED) is 0.317. The van der Waals surface area contributed by atoms with Gasteiger partial charge in [-0.3, -0.25) is 0 Å². The molecule has 0 saturated heterocycles. The highest BCUT2D eigenvalue weighted by molar-refractivity contribution is 7.90. The van der Waals surface area contributed by atoms with Crippen LogP contribution in [0.2, 0.25) is 0 Å². The van der Waals surface area contributed by atoms with E-state index in [2.05, 4.69) is 9.55 Å². The van der Waals surface area contributed by atoms with Gasteiger partial charge in [-0.05, 0) is 54.4 Å². The fourth-order valence-electron chi connectivity index (χ4n) is 4.46. The van der Waals surface area contributed by atoms with Crippen LogP contribution in [0.5, 0.6) is 5.75 Å². The Morgan fingerprint density at radius 2 is 1.86 bits per heavy atom. The first kappa shape index (κ1) is 23.5. The lowest BCUT2D eigenvalue weighted by atomic mass is 10.0. The third-order valence-corrected chi connectivity index (χ3v) is 7.02. The molecule has 0 spiro atoms. The number of hydrogen-bond acceptors (Lipinski definition) is 5. The third kappa shape index (κ3) is 4.96. The molecule has 6 nitrogen and oxygen atoms in total. The lowest BCUT2D eigenvalue weighted by Crippen LogP contribution is -2.13. The van der Waals surface area contributed by atoms with E-state index in [0.29, 0.717) is 18.2 Å². The minimum atomic E-state index is -1.21. The largest absolute Gasteiger partial charge is 0.610 e. The molecule has 4 aromatic rings. The normalized spacial score (nSPS) is 15.7. The van der Waals surface area contributed by atoms with E-state index in [1.54, 1.807) is 31.7 Å². The van der Waals surface area contributed by atoms with Crippen molar-refractivity contribution in [3.63, 3.8) is 0 Å².